The summed E-state index contributed by atoms with van der Waals surface area (Å²) in [4.78, 5) is 29.3. The zero-order valence-corrected chi connectivity index (χ0v) is 20.5. The van der Waals surface area contributed by atoms with Gasteiger partial charge in [0.25, 0.3) is 0 Å². The smallest absolute Gasteiger partial charge is 0.317 e. The van der Waals surface area contributed by atoms with Crippen LogP contribution >= 0.6 is 0 Å². The van der Waals surface area contributed by atoms with Crippen molar-refractivity contribution in [2.75, 3.05) is 19.6 Å². The van der Waals surface area contributed by atoms with E-state index < -0.39 is 0 Å². The Morgan fingerprint density at radius 1 is 1.09 bits per heavy atom. The maximum absolute atomic E-state index is 13.0. The summed E-state index contributed by atoms with van der Waals surface area (Å²) < 4.78 is 0. The van der Waals surface area contributed by atoms with Crippen LogP contribution in [-0.2, 0) is 0 Å². The van der Waals surface area contributed by atoms with Gasteiger partial charge in [0.15, 0.2) is 0 Å². The molecule has 1 aromatic rings. The Hall–Kier alpha value is -2.08. The number of carbonyl (C=O) groups excluding carboxylic acids is 2. The number of hydrogen-bond acceptors (Lipinski definition) is 3. The van der Waals surface area contributed by atoms with E-state index in [4.69, 9.17) is 5.73 Å². The fourth-order valence-electron chi connectivity index (χ4n) is 6.39. The van der Waals surface area contributed by atoms with Crippen LogP contribution in [0.3, 0.4) is 0 Å². The van der Waals surface area contributed by atoms with Crippen LogP contribution in [0.2, 0.25) is 0 Å². The van der Waals surface area contributed by atoms with Gasteiger partial charge in [0.2, 0.25) is 5.91 Å². The first-order valence-corrected chi connectivity index (χ1v) is 13.1. The number of nitrogens with two attached hydrogens (primary N) is 1. The second kappa shape index (κ2) is 10.9. The summed E-state index contributed by atoms with van der Waals surface area (Å²) >= 11 is 0. The molecule has 2 bridgehead atoms. The molecule has 2 unspecified atom stereocenters. The Kier molecular flexibility index (Phi) is 7.94. The van der Waals surface area contributed by atoms with Crippen LogP contribution in [-0.4, -0.2) is 59.5 Å². The minimum atomic E-state index is -0.352. The predicted molar refractivity (Wildman–Crippen MR) is 132 cm³/mol. The maximum atomic E-state index is 13.0. The van der Waals surface area contributed by atoms with E-state index in [2.05, 4.69) is 21.2 Å². The number of nitrogens with one attached hydrogen (secondary N) is 1. The van der Waals surface area contributed by atoms with Crippen molar-refractivity contribution in [1.29, 1.82) is 0 Å². The van der Waals surface area contributed by atoms with Gasteiger partial charge in [0.1, 0.15) is 0 Å². The second-order valence-corrected chi connectivity index (χ2v) is 10.8. The molecule has 3 aliphatic rings. The van der Waals surface area contributed by atoms with Gasteiger partial charge in [-0.05, 0) is 81.9 Å². The van der Waals surface area contributed by atoms with Crippen LogP contribution < -0.4 is 11.1 Å². The van der Waals surface area contributed by atoms with Crippen molar-refractivity contribution in [3.63, 3.8) is 0 Å². The molecule has 2 saturated heterocycles. The molecule has 0 aromatic heterocycles. The molecule has 6 heteroatoms. The van der Waals surface area contributed by atoms with E-state index in [1.54, 1.807) is 6.07 Å². The average Bonchev–Trinajstić information content (AvgIpc) is 3.03. The van der Waals surface area contributed by atoms with E-state index in [1.807, 2.05) is 26.0 Å². The fourth-order valence-corrected chi connectivity index (χ4v) is 6.39. The van der Waals surface area contributed by atoms with E-state index in [9.17, 15) is 9.59 Å². The zero-order chi connectivity index (χ0) is 23.4. The summed E-state index contributed by atoms with van der Waals surface area (Å²) in [6.45, 7) is 6.74. The third kappa shape index (κ3) is 6.08. The Bertz CT molecular complexity index is 806. The highest BCUT2D eigenvalue weighted by atomic mass is 16.2. The van der Waals surface area contributed by atoms with Gasteiger partial charge in [-0.15, -0.1) is 0 Å². The number of hydrogen-bond donors (Lipinski definition) is 2. The van der Waals surface area contributed by atoms with Crippen molar-refractivity contribution >= 4 is 11.9 Å². The number of fused-ring (bicyclic) bond motifs is 2. The monoisotopic (exact) mass is 454 g/mol. The van der Waals surface area contributed by atoms with Gasteiger partial charge in [-0.1, -0.05) is 31.4 Å². The largest absolute Gasteiger partial charge is 0.366 e. The van der Waals surface area contributed by atoms with Crippen LogP contribution in [0.1, 0.15) is 93.5 Å². The Balaban J connectivity index is 1.37. The van der Waals surface area contributed by atoms with Gasteiger partial charge in [-0.3, -0.25) is 9.69 Å². The number of nitrogens with zero attached hydrogens (tertiary/aromatic N) is 2. The molecule has 1 aliphatic carbocycles. The zero-order valence-electron chi connectivity index (χ0n) is 20.5. The van der Waals surface area contributed by atoms with E-state index in [0.29, 0.717) is 29.5 Å². The summed E-state index contributed by atoms with van der Waals surface area (Å²) in [6, 6.07) is 9.29. The molecule has 33 heavy (non-hydrogen) atoms. The van der Waals surface area contributed by atoms with Gasteiger partial charge >= 0.3 is 6.03 Å². The molecule has 6 nitrogen and oxygen atoms in total. The van der Waals surface area contributed by atoms with Crippen LogP contribution in [0, 0.1) is 5.92 Å². The highest BCUT2D eigenvalue weighted by Gasteiger charge is 2.41. The first kappa shape index (κ1) is 24.1. The number of rotatable bonds is 8. The van der Waals surface area contributed by atoms with Gasteiger partial charge < -0.3 is 16.0 Å². The highest BCUT2D eigenvalue weighted by molar-refractivity contribution is 5.92. The molecule has 0 radical (unpaired) electrons. The second-order valence-electron chi connectivity index (χ2n) is 10.8. The highest BCUT2D eigenvalue weighted by Crippen LogP contribution is 2.43. The summed E-state index contributed by atoms with van der Waals surface area (Å²) in [7, 11) is 0. The maximum Gasteiger partial charge on any atom is 0.317 e. The van der Waals surface area contributed by atoms with Gasteiger partial charge in [0, 0.05) is 43.3 Å². The predicted octanol–water partition coefficient (Wildman–Crippen LogP) is 4.50. The van der Waals surface area contributed by atoms with E-state index in [0.717, 1.165) is 32.5 Å². The normalized spacial score (nSPS) is 25.8. The minimum absolute atomic E-state index is 0.0982. The quantitative estimate of drug-likeness (QED) is 0.607. The van der Waals surface area contributed by atoms with E-state index in [1.165, 1.54) is 50.5 Å². The van der Waals surface area contributed by atoms with Crippen molar-refractivity contribution in [1.82, 2.24) is 15.1 Å². The lowest BCUT2D eigenvalue weighted by molar-refractivity contribution is 0.0998. The van der Waals surface area contributed by atoms with Crippen molar-refractivity contribution in [3.05, 3.63) is 35.4 Å². The molecule has 2 atom stereocenters. The molecule has 3 amide bonds. The van der Waals surface area contributed by atoms with Crippen molar-refractivity contribution < 1.29 is 9.59 Å². The van der Waals surface area contributed by atoms with Crippen LogP contribution in [0.25, 0.3) is 0 Å². The minimum Gasteiger partial charge on any atom is -0.366 e. The van der Waals surface area contributed by atoms with Crippen LogP contribution in [0.15, 0.2) is 24.3 Å². The first-order chi connectivity index (χ1) is 15.9. The molecule has 3 N–H and O–H groups in total. The number of primary amides is 1. The van der Waals surface area contributed by atoms with Crippen molar-refractivity contribution in [2.24, 2.45) is 11.7 Å². The van der Waals surface area contributed by atoms with E-state index in [-0.39, 0.29) is 18.0 Å². The third-order valence-electron chi connectivity index (χ3n) is 8.06. The topological polar surface area (TPSA) is 78.7 Å². The number of benzene rings is 1. The Morgan fingerprint density at radius 3 is 2.42 bits per heavy atom. The molecule has 4 rings (SSSR count). The Morgan fingerprint density at radius 2 is 1.79 bits per heavy atom. The SMILES string of the molecule is CC(C)NC(=O)N(CCN1C2CCC1CC(c1cccc(C(N)=O)c1)C2)CC1CCCCC1. The lowest BCUT2D eigenvalue weighted by Crippen LogP contribution is -2.50. The standard InChI is InChI=1S/C27H42N4O2/c1-19(2)29-27(33)30(18-20-7-4-3-5-8-20)13-14-31-24-11-12-25(31)17-23(16-24)21-9-6-10-22(15-21)26(28)32/h6,9-10,15,19-20,23-25H,3-5,7-8,11-14,16-18H2,1-2H3,(H2,28,32)(H,29,33). The molecular formula is C27H42N4O2. The Labute approximate surface area is 199 Å². The molecule has 1 saturated carbocycles. The number of amides is 3. The number of urea groups is 1. The van der Waals surface area contributed by atoms with Gasteiger partial charge in [-0.25, -0.2) is 4.79 Å². The van der Waals surface area contributed by atoms with Crippen molar-refractivity contribution in [3.8, 4) is 0 Å². The molecule has 1 aromatic carbocycles. The molecular weight excluding hydrogens is 412 g/mol. The molecule has 182 valence electrons. The fraction of sp³-hybridized carbons (Fsp3) is 0.704. The summed E-state index contributed by atoms with van der Waals surface area (Å²) in [5, 5.41) is 3.13. The van der Waals surface area contributed by atoms with Crippen LogP contribution in [0.4, 0.5) is 4.79 Å². The first-order valence-electron chi connectivity index (χ1n) is 13.1. The average molecular weight is 455 g/mol. The summed E-state index contributed by atoms with van der Waals surface area (Å²) in [6.07, 6.45) is 11.2. The lowest BCUT2D eigenvalue weighted by Gasteiger charge is -2.40. The van der Waals surface area contributed by atoms with E-state index >= 15 is 0 Å². The summed E-state index contributed by atoms with van der Waals surface area (Å²) in [5.74, 6) is 0.785. The molecule has 3 fully saturated rings. The number of piperidine rings is 1. The van der Waals surface area contributed by atoms with Crippen molar-refractivity contribution in [2.45, 2.75) is 95.7 Å². The lowest BCUT2D eigenvalue weighted by atomic mass is 9.84. The van der Waals surface area contributed by atoms with Crippen LogP contribution in [0.5, 0.6) is 0 Å². The van der Waals surface area contributed by atoms with Gasteiger partial charge in [0.05, 0.1) is 0 Å². The van der Waals surface area contributed by atoms with Gasteiger partial charge in [-0.2, -0.15) is 0 Å². The molecule has 0 spiro atoms. The summed E-state index contributed by atoms with van der Waals surface area (Å²) in [5.41, 5.74) is 7.36. The molecule has 2 heterocycles. The number of carbonyl (C=O) groups is 2. The molecule has 2 aliphatic heterocycles. The third-order valence-corrected chi connectivity index (χ3v) is 8.06.